The Morgan fingerprint density at radius 1 is 0.893 bits per heavy atom. The highest BCUT2D eigenvalue weighted by Crippen LogP contribution is 2.34. The Labute approximate surface area is 163 Å². The van der Waals surface area contributed by atoms with Crippen LogP contribution in [0.5, 0.6) is 28.7 Å². The second-order valence-corrected chi connectivity index (χ2v) is 5.61. The van der Waals surface area contributed by atoms with Crippen LogP contribution in [0.25, 0.3) is 0 Å². The topological polar surface area (TPSA) is 92.3 Å². The van der Waals surface area contributed by atoms with Gasteiger partial charge in [0, 0.05) is 18.2 Å². The van der Waals surface area contributed by atoms with Gasteiger partial charge in [0.15, 0.2) is 24.4 Å². The van der Waals surface area contributed by atoms with Gasteiger partial charge in [-0.3, -0.25) is 9.59 Å². The van der Waals surface area contributed by atoms with Crippen molar-refractivity contribution in [2.24, 2.45) is 0 Å². The molecule has 0 heterocycles. The van der Waals surface area contributed by atoms with Crippen LogP contribution >= 0.6 is 0 Å². The molecule has 0 aromatic heterocycles. The first-order chi connectivity index (χ1) is 13.6. The Bertz CT molecular complexity index is 836. The van der Waals surface area contributed by atoms with Gasteiger partial charge in [-0.1, -0.05) is 0 Å². The number of aldehydes is 1. The average molecular weight is 389 g/mol. The average Bonchev–Trinajstić information content (AvgIpc) is 2.75. The number of carbonyl (C=O) groups excluding carboxylic acids is 2. The standard InChI is InChI=1S/C20H23NO7/c1-24-15-5-6-16(14(7-15)11-22)28-12-20(23)21-10-13-8-18(26-3)19(27-4)9-17(13)25-2/h5-9,11H,10,12H2,1-4H3,(H,21,23). The summed E-state index contributed by atoms with van der Waals surface area (Å²) in [5, 5.41) is 2.74. The van der Waals surface area contributed by atoms with Crippen molar-refractivity contribution in [1.29, 1.82) is 0 Å². The zero-order chi connectivity index (χ0) is 20.5. The number of benzene rings is 2. The van der Waals surface area contributed by atoms with Gasteiger partial charge in [0.05, 0.1) is 34.0 Å². The zero-order valence-corrected chi connectivity index (χ0v) is 16.2. The van der Waals surface area contributed by atoms with Crippen LogP contribution in [0, 0.1) is 0 Å². The van der Waals surface area contributed by atoms with Gasteiger partial charge in [-0.05, 0) is 24.3 Å². The van der Waals surface area contributed by atoms with Crippen LogP contribution in [0.1, 0.15) is 15.9 Å². The van der Waals surface area contributed by atoms with E-state index in [2.05, 4.69) is 5.32 Å². The minimum absolute atomic E-state index is 0.203. The van der Waals surface area contributed by atoms with Crippen molar-refractivity contribution in [3.8, 4) is 28.7 Å². The van der Waals surface area contributed by atoms with Crippen LogP contribution in [0.3, 0.4) is 0 Å². The lowest BCUT2D eigenvalue weighted by Crippen LogP contribution is -2.28. The molecule has 28 heavy (non-hydrogen) atoms. The number of nitrogens with one attached hydrogen (secondary N) is 1. The first kappa shape index (κ1) is 20.9. The van der Waals surface area contributed by atoms with Crippen LogP contribution < -0.4 is 29.0 Å². The normalized spacial score (nSPS) is 10.0. The highest BCUT2D eigenvalue weighted by atomic mass is 16.5. The summed E-state index contributed by atoms with van der Waals surface area (Å²) in [7, 11) is 6.09. The largest absolute Gasteiger partial charge is 0.497 e. The predicted octanol–water partition coefficient (Wildman–Crippen LogP) is 2.23. The molecule has 0 aliphatic rings. The predicted molar refractivity (Wildman–Crippen MR) is 102 cm³/mol. The maximum atomic E-state index is 12.1. The maximum absolute atomic E-state index is 12.1. The van der Waals surface area contributed by atoms with Crippen LogP contribution in [-0.2, 0) is 11.3 Å². The van der Waals surface area contributed by atoms with Gasteiger partial charge in [-0.2, -0.15) is 0 Å². The van der Waals surface area contributed by atoms with Gasteiger partial charge < -0.3 is 29.0 Å². The smallest absolute Gasteiger partial charge is 0.258 e. The monoisotopic (exact) mass is 389 g/mol. The van der Waals surface area contributed by atoms with Crippen LogP contribution in [0.4, 0.5) is 0 Å². The fourth-order valence-electron chi connectivity index (χ4n) is 2.50. The number of carbonyl (C=O) groups is 2. The summed E-state index contributed by atoms with van der Waals surface area (Å²) in [6.45, 7) is -0.0440. The molecule has 2 aromatic rings. The molecule has 8 heteroatoms. The molecule has 2 rings (SSSR count). The summed E-state index contributed by atoms with van der Waals surface area (Å²) in [4.78, 5) is 23.3. The lowest BCUT2D eigenvalue weighted by molar-refractivity contribution is -0.123. The summed E-state index contributed by atoms with van der Waals surface area (Å²) in [6.07, 6.45) is 0.643. The van der Waals surface area contributed by atoms with Crippen LogP contribution in [0.15, 0.2) is 30.3 Å². The van der Waals surface area contributed by atoms with E-state index in [1.54, 1.807) is 24.3 Å². The number of amides is 1. The summed E-state index contributed by atoms with van der Waals surface area (Å²) < 4.78 is 26.3. The molecule has 0 spiro atoms. The lowest BCUT2D eigenvalue weighted by atomic mass is 10.1. The fraction of sp³-hybridized carbons (Fsp3) is 0.300. The second kappa shape index (κ2) is 10.1. The molecule has 0 saturated carbocycles. The Morgan fingerprint density at radius 2 is 1.57 bits per heavy atom. The minimum atomic E-state index is -0.357. The van der Waals surface area contributed by atoms with Crippen molar-refractivity contribution in [2.45, 2.75) is 6.54 Å². The molecule has 0 aliphatic heterocycles. The summed E-state index contributed by atoms with van der Waals surface area (Å²) in [6, 6.07) is 8.17. The number of hydrogen-bond donors (Lipinski definition) is 1. The molecular formula is C20H23NO7. The van der Waals surface area contributed by atoms with Gasteiger partial charge in [0.2, 0.25) is 0 Å². The molecule has 0 bridgehead atoms. The van der Waals surface area contributed by atoms with Crippen molar-refractivity contribution in [1.82, 2.24) is 5.32 Å². The second-order valence-electron chi connectivity index (χ2n) is 5.61. The van der Waals surface area contributed by atoms with Crippen molar-refractivity contribution in [3.05, 3.63) is 41.5 Å². The van der Waals surface area contributed by atoms with Gasteiger partial charge in [0.25, 0.3) is 5.91 Å². The molecule has 0 saturated heterocycles. The number of rotatable bonds is 10. The summed E-state index contributed by atoms with van der Waals surface area (Å²) in [5.41, 5.74) is 1.01. The number of ether oxygens (including phenoxy) is 5. The lowest BCUT2D eigenvalue weighted by Gasteiger charge is -2.15. The highest BCUT2D eigenvalue weighted by Gasteiger charge is 2.13. The quantitative estimate of drug-likeness (QED) is 0.623. The van der Waals surface area contributed by atoms with Crippen molar-refractivity contribution in [2.75, 3.05) is 35.0 Å². The SMILES string of the molecule is COc1ccc(OCC(=O)NCc2cc(OC)c(OC)cc2OC)c(C=O)c1. The Kier molecular flexibility index (Phi) is 7.50. The molecule has 2 aromatic carbocycles. The van der Waals surface area contributed by atoms with E-state index in [0.29, 0.717) is 46.2 Å². The third kappa shape index (κ3) is 5.06. The molecule has 1 amide bonds. The van der Waals surface area contributed by atoms with E-state index < -0.39 is 0 Å². The Balaban J connectivity index is 2.00. The maximum Gasteiger partial charge on any atom is 0.258 e. The van der Waals surface area contributed by atoms with E-state index in [9.17, 15) is 9.59 Å². The number of methoxy groups -OCH3 is 4. The number of hydrogen-bond acceptors (Lipinski definition) is 7. The van der Waals surface area contributed by atoms with Crippen LogP contribution in [0.2, 0.25) is 0 Å². The molecule has 0 fully saturated rings. The van der Waals surface area contributed by atoms with Gasteiger partial charge in [0.1, 0.15) is 17.2 Å². The Morgan fingerprint density at radius 3 is 2.18 bits per heavy atom. The van der Waals surface area contributed by atoms with E-state index in [4.69, 9.17) is 23.7 Å². The fourth-order valence-corrected chi connectivity index (χ4v) is 2.50. The van der Waals surface area contributed by atoms with E-state index in [0.717, 1.165) is 0 Å². The molecular weight excluding hydrogens is 366 g/mol. The van der Waals surface area contributed by atoms with Gasteiger partial charge in [-0.15, -0.1) is 0 Å². The van der Waals surface area contributed by atoms with Crippen LogP contribution in [-0.4, -0.2) is 47.2 Å². The van der Waals surface area contributed by atoms with Crippen molar-refractivity contribution >= 4 is 12.2 Å². The summed E-state index contributed by atoms with van der Waals surface area (Å²) >= 11 is 0. The third-order valence-corrected chi connectivity index (χ3v) is 3.97. The van der Waals surface area contributed by atoms with Gasteiger partial charge in [-0.25, -0.2) is 0 Å². The summed E-state index contributed by atoms with van der Waals surface area (Å²) in [5.74, 6) is 2.08. The van der Waals surface area contributed by atoms with Crippen molar-refractivity contribution < 1.29 is 33.3 Å². The molecule has 8 nitrogen and oxygen atoms in total. The zero-order valence-electron chi connectivity index (χ0n) is 16.2. The first-order valence-electron chi connectivity index (χ1n) is 8.37. The molecule has 1 N–H and O–H groups in total. The van der Waals surface area contributed by atoms with Gasteiger partial charge >= 0.3 is 0 Å². The van der Waals surface area contributed by atoms with E-state index >= 15 is 0 Å². The Hall–Kier alpha value is -3.42. The molecule has 0 aliphatic carbocycles. The first-order valence-corrected chi connectivity index (χ1v) is 8.37. The minimum Gasteiger partial charge on any atom is -0.497 e. The van der Waals surface area contributed by atoms with E-state index in [-0.39, 0.29) is 19.1 Å². The third-order valence-electron chi connectivity index (χ3n) is 3.97. The molecule has 0 unspecified atom stereocenters. The van der Waals surface area contributed by atoms with Crippen molar-refractivity contribution in [3.63, 3.8) is 0 Å². The molecule has 150 valence electrons. The molecule has 0 atom stereocenters. The highest BCUT2D eigenvalue weighted by molar-refractivity contribution is 5.81. The van der Waals surface area contributed by atoms with E-state index in [1.165, 1.54) is 34.5 Å². The van der Waals surface area contributed by atoms with E-state index in [1.807, 2.05) is 0 Å². The molecule has 0 radical (unpaired) electrons.